The Morgan fingerprint density at radius 2 is 1.77 bits per heavy atom. The van der Waals surface area contributed by atoms with Crippen molar-refractivity contribution in [3.05, 3.63) is 52.5 Å². The summed E-state index contributed by atoms with van der Waals surface area (Å²) in [6.45, 7) is 0. The van der Waals surface area contributed by atoms with Crippen LogP contribution in [0.25, 0.3) is 0 Å². The smallest absolute Gasteiger partial charge is 0.343 e. The Morgan fingerprint density at radius 1 is 1.09 bits per heavy atom. The van der Waals surface area contributed by atoms with E-state index in [1.54, 1.807) is 24.3 Å². The second-order valence-electron chi connectivity index (χ2n) is 4.27. The van der Waals surface area contributed by atoms with E-state index in [1.807, 2.05) is 0 Å². The molecule has 0 fully saturated rings. The maximum atomic E-state index is 12.1. The lowest BCUT2D eigenvalue weighted by Gasteiger charge is -2.11. The third kappa shape index (κ3) is 3.38. The van der Waals surface area contributed by atoms with Crippen LogP contribution in [0.15, 0.2) is 36.4 Å². The molecule has 0 saturated heterocycles. The van der Waals surface area contributed by atoms with Gasteiger partial charge >= 0.3 is 5.97 Å². The van der Waals surface area contributed by atoms with Crippen molar-refractivity contribution in [3.63, 3.8) is 0 Å². The fraction of sp³-hybridized carbons (Fsp3) is 0.125. The maximum absolute atomic E-state index is 12.1. The number of aldehydes is 1. The zero-order valence-electron chi connectivity index (χ0n) is 12.0. The van der Waals surface area contributed by atoms with Crippen molar-refractivity contribution < 1.29 is 23.8 Å². The molecule has 0 aliphatic rings. The van der Waals surface area contributed by atoms with Gasteiger partial charge in [-0.15, -0.1) is 0 Å². The van der Waals surface area contributed by atoms with Gasteiger partial charge in [0.25, 0.3) is 0 Å². The molecule has 0 unspecified atom stereocenters. The van der Waals surface area contributed by atoms with E-state index < -0.39 is 5.97 Å². The Kier molecular flexibility index (Phi) is 5.01. The molecule has 2 rings (SSSR count). The van der Waals surface area contributed by atoms with Gasteiger partial charge in [0.15, 0.2) is 11.5 Å². The second kappa shape index (κ2) is 6.95. The molecule has 2 aromatic rings. The number of carbonyl (C=O) groups excluding carboxylic acids is 2. The summed E-state index contributed by atoms with van der Waals surface area (Å²) in [5, 5.41) is 0.114. The Balaban J connectivity index is 2.29. The molecule has 2 aromatic carbocycles. The summed E-state index contributed by atoms with van der Waals surface area (Å²) < 4.78 is 15.4. The van der Waals surface area contributed by atoms with Crippen LogP contribution in [-0.2, 0) is 0 Å². The minimum absolute atomic E-state index is 0.0654. The Labute approximate surface area is 132 Å². The number of halogens is 1. The van der Waals surface area contributed by atoms with Crippen LogP contribution < -0.4 is 14.2 Å². The number of esters is 1. The molecule has 0 bridgehead atoms. The molecule has 22 heavy (non-hydrogen) atoms. The number of hydrogen-bond donors (Lipinski definition) is 0. The minimum atomic E-state index is -0.596. The third-order valence-corrected chi connectivity index (χ3v) is 3.19. The van der Waals surface area contributed by atoms with Crippen molar-refractivity contribution in [3.8, 4) is 17.2 Å². The van der Waals surface area contributed by atoms with E-state index in [4.69, 9.17) is 25.8 Å². The van der Waals surface area contributed by atoms with Crippen LogP contribution in [0.4, 0.5) is 0 Å². The van der Waals surface area contributed by atoms with Crippen LogP contribution in [0.3, 0.4) is 0 Å². The number of methoxy groups -OCH3 is 2. The number of carbonyl (C=O) groups is 2. The molecular formula is C16H13ClO5. The number of benzene rings is 2. The summed E-state index contributed by atoms with van der Waals surface area (Å²) >= 11 is 6.04. The largest absolute Gasteiger partial charge is 0.497 e. The van der Waals surface area contributed by atoms with Gasteiger partial charge in [0.2, 0.25) is 0 Å². The molecule has 5 nitrogen and oxygen atoms in total. The molecule has 0 saturated carbocycles. The molecule has 0 spiro atoms. The first-order chi connectivity index (χ1) is 10.6. The highest BCUT2D eigenvalue weighted by Gasteiger charge is 2.17. The van der Waals surface area contributed by atoms with E-state index >= 15 is 0 Å². The maximum Gasteiger partial charge on any atom is 0.343 e. The van der Waals surface area contributed by atoms with Gasteiger partial charge in [0.05, 0.1) is 24.8 Å². The van der Waals surface area contributed by atoms with Crippen LogP contribution in [-0.4, -0.2) is 26.5 Å². The molecule has 0 N–H and O–H groups in total. The van der Waals surface area contributed by atoms with Crippen LogP contribution in [0, 0.1) is 0 Å². The average Bonchev–Trinajstić information content (AvgIpc) is 2.56. The van der Waals surface area contributed by atoms with Crippen LogP contribution >= 0.6 is 11.6 Å². The first-order valence-corrected chi connectivity index (χ1v) is 6.65. The van der Waals surface area contributed by atoms with Gasteiger partial charge < -0.3 is 14.2 Å². The summed E-state index contributed by atoms with van der Waals surface area (Å²) in [6.07, 6.45) is 0.628. The molecule has 0 aromatic heterocycles. The van der Waals surface area contributed by atoms with Gasteiger partial charge in [-0.05, 0) is 36.4 Å². The predicted octanol–water partition coefficient (Wildman–Crippen LogP) is 3.39. The van der Waals surface area contributed by atoms with Gasteiger partial charge in [-0.1, -0.05) is 11.6 Å². The Bertz CT molecular complexity index is 694. The first kappa shape index (κ1) is 15.9. The van der Waals surface area contributed by atoms with Gasteiger partial charge in [-0.25, -0.2) is 4.79 Å². The van der Waals surface area contributed by atoms with Crippen molar-refractivity contribution in [2.75, 3.05) is 14.2 Å². The van der Waals surface area contributed by atoms with Crippen LogP contribution in [0.5, 0.6) is 17.2 Å². The third-order valence-electron chi connectivity index (χ3n) is 2.91. The van der Waals surface area contributed by atoms with E-state index in [0.29, 0.717) is 23.2 Å². The van der Waals surface area contributed by atoms with E-state index in [9.17, 15) is 9.59 Å². The summed E-state index contributed by atoms with van der Waals surface area (Å²) in [7, 11) is 2.93. The predicted molar refractivity (Wildman–Crippen MR) is 81.3 cm³/mol. The summed E-state index contributed by atoms with van der Waals surface area (Å²) in [4.78, 5) is 23.0. The fourth-order valence-corrected chi connectivity index (χ4v) is 2.04. The van der Waals surface area contributed by atoms with Gasteiger partial charge in [-0.3, -0.25) is 4.79 Å². The SMILES string of the molecule is COc1ccc(C(=O)Oc2c(Cl)cc(C=O)cc2OC)cc1. The Morgan fingerprint density at radius 3 is 2.32 bits per heavy atom. The highest BCUT2D eigenvalue weighted by atomic mass is 35.5. The van der Waals surface area contributed by atoms with E-state index in [1.165, 1.54) is 26.4 Å². The highest BCUT2D eigenvalue weighted by Crippen LogP contribution is 2.36. The van der Waals surface area contributed by atoms with Crippen molar-refractivity contribution in [1.29, 1.82) is 0 Å². The van der Waals surface area contributed by atoms with Crippen LogP contribution in [0.2, 0.25) is 5.02 Å². The second-order valence-corrected chi connectivity index (χ2v) is 4.68. The van der Waals surface area contributed by atoms with Gasteiger partial charge in [0, 0.05) is 5.56 Å². The summed E-state index contributed by atoms with van der Waals surface area (Å²) in [5.41, 5.74) is 0.657. The van der Waals surface area contributed by atoms with Gasteiger partial charge in [0.1, 0.15) is 12.0 Å². The molecule has 0 radical (unpaired) electrons. The minimum Gasteiger partial charge on any atom is -0.497 e. The quantitative estimate of drug-likeness (QED) is 0.480. The Hall–Kier alpha value is -2.53. The van der Waals surface area contributed by atoms with E-state index in [2.05, 4.69) is 0 Å². The number of rotatable bonds is 5. The standard InChI is InChI=1S/C16H13ClO5/c1-20-12-5-3-11(4-6-12)16(19)22-15-13(17)7-10(9-18)8-14(15)21-2/h3-9H,1-2H3. The van der Waals surface area contributed by atoms with Crippen molar-refractivity contribution >= 4 is 23.9 Å². The lowest BCUT2D eigenvalue weighted by Crippen LogP contribution is -2.09. The van der Waals surface area contributed by atoms with Crippen LogP contribution in [0.1, 0.15) is 20.7 Å². The van der Waals surface area contributed by atoms with Crippen molar-refractivity contribution in [2.45, 2.75) is 0 Å². The topological polar surface area (TPSA) is 61.8 Å². The zero-order valence-corrected chi connectivity index (χ0v) is 12.7. The summed E-state index contributed by atoms with van der Waals surface area (Å²) in [6, 6.07) is 9.27. The van der Waals surface area contributed by atoms with Gasteiger partial charge in [-0.2, -0.15) is 0 Å². The number of hydrogen-bond acceptors (Lipinski definition) is 5. The average molecular weight is 321 g/mol. The first-order valence-electron chi connectivity index (χ1n) is 6.28. The van der Waals surface area contributed by atoms with Crippen molar-refractivity contribution in [1.82, 2.24) is 0 Å². The highest BCUT2D eigenvalue weighted by molar-refractivity contribution is 6.32. The molecule has 6 heteroatoms. The molecule has 0 aliphatic heterocycles. The van der Waals surface area contributed by atoms with Crippen molar-refractivity contribution in [2.24, 2.45) is 0 Å². The molecule has 0 heterocycles. The molecular weight excluding hydrogens is 308 g/mol. The monoisotopic (exact) mass is 320 g/mol. The number of ether oxygens (including phenoxy) is 3. The lowest BCUT2D eigenvalue weighted by atomic mass is 10.2. The molecule has 114 valence electrons. The fourth-order valence-electron chi connectivity index (χ4n) is 1.79. The van der Waals surface area contributed by atoms with E-state index in [0.717, 1.165) is 0 Å². The molecule has 0 amide bonds. The summed E-state index contributed by atoms with van der Waals surface area (Å²) in [5.74, 6) is 0.302. The molecule has 0 aliphatic carbocycles. The van der Waals surface area contributed by atoms with E-state index in [-0.39, 0.29) is 16.5 Å². The molecule has 0 atom stereocenters. The normalized spacial score (nSPS) is 9.95. The lowest BCUT2D eigenvalue weighted by molar-refractivity contribution is 0.0730. The zero-order chi connectivity index (χ0) is 16.1.